The van der Waals surface area contributed by atoms with Crippen molar-refractivity contribution in [3.63, 3.8) is 0 Å². The van der Waals surface area contributed by atoms with Crippen molar-refractivity contribution in [2.75, 3.05) is 17.6 Å². The molecule has 0 bridgehead atoms. The number of nitrogen functional groups attached to an aromatic ring is 1. The highest BCUT2D eigenvalue weighted by Crippen LogP contribution is 2.18. The zero-order valence-corrected chi connectivity index (χ0v) is 10.2. The van der Waals surface area contributed by atoms with Gasteiger partial charge in [0, 0.05) is 24.9 Å². The fourth-order valence-electron chi connectivity index (χ4n) is 1.84. The van der Waals surface area contributed by atoms with Gasteiger partial charge >= 0.3 is 0 Å². The minimum absolute atomic E-state index is 0.220. The first-order valence-electron chi connectivity index (χ1n) is 5.93. The van der Waals surface area contributed by atoms with Crippen LogP contribution in [-0.4, -0.2) is 31.7 Å². The Labute approximate surface area is 109 Å². The van der Waals surface area contributed by atoms with Crippen LogP contribution in [0.4, 0.5) is 11.8 Å². The Morgan fingerprint density at radius 2 is 2.21 bits per heavy atom. The fraction of sp³-hybridized carbons (Fsp3) is 0.167. The molecule has 4 N–H and O–H groups in total. The number of aromatic amines is 1. The summed E-state index contributed by atoms with van der Waals surface area (Å²) in [5.41, 5.74) is 7.30. The fourth-order valence-corrected chi connectivity index (χ4v) is 1.84. The van der Waals surface area contributed by atoms with Crippen molar-refractivity contribution >= 4 is 22.8 Å². The Balaban J connectivity index is 1.73. The zero-order chi connectivity index (χ0) is 13.1. The zero-order valence-electron chi connectivity index (χ0n) is 10.2. The number of pyridine rings is 1. The summed E-state index contributed by atoms with van der Waals surface area (Å²) in [6.45, 7) is 0.716. The smallest absolute Gasteiger partial charge is 0.224 e. The molecular weight excluding hydrogens is 242 g/mol. The minimum Gasteiger partial charge on any atom is -0.369 e. The Morgan fingerprint density at radius 1 is 1.26 bits per heavy atom. The van der Waals surface area contributed by atoms with Crippen molar-refractivity contribution in [3.05, 3.63) is 36.3 Å². The predicted octanol–water partition coefficient (Wildman–Crippen LogP) is 0.985. The van der Waals surface area contributed by atoms with E-state index in [9.17, 15) is 0 Å². The van der Waals surface area contributed by atoms with Gasteiger partial charge in [0.05, 0.1) is 11.6 Å². The number of nitrogens with two attached hydrogens (primary N) is 1. The van der Waals surface area contributed by atoms with Gasteiger partial charge in [-0.1, -0.05) is 6.07 Å². The summed E-state index contributed by atoms with van der Waals surface area (Å²) in [5, 5.41) is 10.8. The molecule has 0 aliphatic rings. The van der Waals surface area contributed by atoms with E-state index in [1.807, 2.05) is 18.2 Å². The lowest BCUT2D eigenvalue weighted by Gasteiger charge is -2.06. The van der Waals surface area contributed by atoms with Gasteiger partial charge in [-0.2, -0.15) is 15.1 Å². The first kappa shape index (κ1) is 11.4. The van der Waals surface area contributed by atoms with Crippen LogP contribution in [-0.2, 0) is 6.42 Å². The summed E-state index contributed by atoms with van der Waals surface area (Å²) in [5.74, 6) is 0.907. The largest absolute Gasteiger partial charge is 0.369 e. The lowest BCUT2D eigenvalue weighted by atomic mass is 10.2. The lowest BCUT2D eigenvalue weighted by molar-refractivity contribution is 0.955. The van der Waals surface area contributed by atoms with Crippen molar-refractivity contribution < 1.29 is 0 Å². The molecule has 7 heteroatoms. The van der Waals surface area contributed by atoms with Gasteiger partial charge in [0.2, 0.25) is 5.95 Å². The number of fused-ring (bicyclic) bond motifs is 1. The van der Waals surface area contributed by atoms with E-state index < -0.39 is 0 Å². The molecule has 7 nitrogen and oxygen atoms in total. The maximum absolute atomic E-state index is 5.64. The van der Waals surface area contributed by atoms with Crippen LogP contribution in [0.5, 0.6) is 0 Å². The third-order valence-corrected chi connectivity index (χ3v) is 2.73. The first-order chi connectivity index (χ1) is 9.33. The maximum Gasteiger partial charge on any atom is 0.224 e. The van der Waals surface area contributed by atoms with E-state index in [1.165, 1.54) is 0 Å². The van der Waals surface area contributed by atoms with Crippen molar-refractivity contribution in [1.82, 2.24) is 25.1 Å². The minimum atomic E-state index is 0.220. The topological polar surface area (TPSA) is 105 Å². The SMILES string of the molecule is Nc1nc(NCCc2ccccn2)c2cn[nH]c2n1. The number of anilines is 2. The highest BCUT2D eigenvalue weighted by Gasteiger charge is 2.07. The second kappa shape index (κ2) is 4.89. The molecule has 3 rings (SSSR count). The number of nitrogens with one attached hydrogen (secondary N) is 2. The van der Waals surface area contributed by atoms with E-state index in [1.54, 1.807) is 12.4 Å². The standard InChI is InChI=1S/C12H13N7/c13-12-17-10(9-7-16-19-11(9)18-12)15-6-4-8-3-1-2-5-14-8/h1-3,5,7H,4,6H2,(H4,13,15,16,17,18,19). The molecule has 0 unspecified atom stereocenters. The van der Waals surface area contributed by atoms with E-state index >= 15 is 0 Å². The molecule has 0 atom stereocenters. The highest BCUT2D eigenvalue weighted by molar-refractivity contribution is 5.86. The predicted molar refractivity (Wildman–Crippen MR) is 72.5 cm³/mol. The summed E-state index contributed by atoms with van der Waals surface area (Å²) >= 11 is 0. The van der Waals surface area contributed by atoms with Crippen molar-refractivity contribution in [2.45, 2.75) is 6.42 Å². The number of hydrogen-bond acceptors (Lipinski definition) is 6. The maximum atomic E-state index is 5.64. The summed E-state index contributed by atoms with van der Waals surface area (Å²) in [6.07, 6.45) is 4.27. The second-order valence-electron chi connectivity index (χ2n) is 4.06. The van der Waals surface area contributed by atoms with Crippen molar-refractivity contribution in [1.29, 1.82) is 0 Å². The van der Waals surface area contributed by atoms with Crippen LogP contribution in [0.25, 0.3) is 11.0 Å². The molecule has 0 aromatic carbocycles. The number of aromatic nitrogens is 5. The summed E-state index contributed by atoms with van der Waals surface area (Å²) < 4.78 is 0. The van der Waals surface area contributed by atoms with Gasteiger partial charge in [0.15, 0.2) is 5.65 Å². The van der Waals surface area contributed by atoms with Gasteiger partial charge in [0.25, 0.3) is 0 Å². The van der Waals surface area contributed by atoms with Gasteiger partial charge in [-0.15, -0.1) is 0 Å². The molecule has 0 fully saturated rings. The first-order valence-corrected chi connectivity index (χ1v) is 5.93. The quantitative estimate of drug-likeness (QED) is 0.642. The molecule has 19 heavy (non-hydrogen) atoms. The Kier molecular flexibility index (Phi) is 2.93. The van der Waals surface area contributed by atoms with E-state index in [2.05, 4.69) is 30.5 Å². The monoisotopic (exact) mass is 255 g/mol. The van der Waals surface area contributed by atoms with E-state index in [4.69, 9.17) is 5.73 Å². The molecule has 3 heterocycles. The average molecular weight is 255 g/mol. The van der Waals surface area contributed by atoms with Gasteiger partial charge in [0.1, 0.15) is 5.82 Å². The number of H-pyrrole nitrogens is 1. The van der Waals surface area contributed by atoms with Gasteiger partial charge in [-0.05, 0) is 12.1 Å². The third kappa shape index (κ3) is 2.44. The summed E-state index contributed by atoms with van der Waals surface area (Å²) in [6, 6.07) is 5.86. The number of hydrogen-bond donors (Lipinski definition) is 3. The highest BCUT2D eigenvalue weighted by atomic mass is 15.2. The molecule has 0 amide bonds. The van der Waals surface area contributed by atoms with Crippen LogP contribution < -0.4 is 11.1 Å². The molecule has 0 aliphatic heterocycles. The van der Waals surface area contributed by atoms with Crippen LogP contribution in [0.15, 0.2) is 30.6 Å². The van der Waals surface area contributed by atoms with Gasteiger partial charge in [-0.25, -0.2) is 0 Å². The van der Waals surface area contributed by atoms with Crippen LogP contribution in [0.3, 0.4) is 0 Å². The Bertz CT molecular complexity index is 677. The van der Waals surface area contributed by atoms with Crippen LogP contribution in [0, 0.1) is 0 Å². The molecule has 3 aromatic heterocycles. The van der Waals surface area contributed by atoms with Gasteiger partial charge in [-0.3, -0.25) is 10.1 Å². The molecule has 0 radical (unpaired) electrons. The van der Waals surface area contributed by atoms with Crippen molar-refractivity contribution in [2.24, 2.45) is 0 Å². The normalized spacial score (nSPS) is 10.7. The number of nitrogens with zero attached hydrogens (tertiary/aromatic N) is 4. The van der Waals surface area contributed by atoms with E-state index in [-0.39, 0.29) is 5.95 Å². The lowest BCUT2D eigenvalue weighted by Crippen LogP contribution is -2.09. The molecule has 0 saturated heterocycles. The van der Waals surface area contributed by atoms with Crippen molar-refractivity contribution in [3.8, 4) is 0 Å². The molecule has 3 aromatic rings. The molecule has 96 valence electrons. The Morgan fingerprint density at radius 3 is 3.05 bits per heavy atom. The van der Waals surface area contributed by atoms with Crippen LogP contribution in [0.2, 0.25) is 0 Å². The van der Waals surface area contributed by atoms with Crippen LogP contribution in [0.1, 0.15) is 5.69 Å². The molecule has 0 spiro atoms. The Hall–Kier alpha value is -2.70. The number of rotatable bonds is 4. The summed E-state index contributed by atoms with van der Waals surface area (Å²) in [4.78, 5) is 12.5. The second-order valence-corrected chi connectivity index (χ2v) is 4.06. The van der Waals surface area contributed by atoms with E-state index in [0.717, 1.165) is 17.5 Å². The average Bonchev–Trinajstić information content (AvgIpc) is 2.88. The summed E-state index contributed by atoms with van der Waals surface area (Å²) in [7, 11) is 0. The van der Waals surface area contributed by atoms with E-state index in [0.29, 0.717) is 18.0 Å². The third-order valence-electron chi connectivity index (χ3n) is 2.73. The van der Waals surface area contributed by atoms with Gasteiger partial charge < -0.3 is 11.1 Å². The molecular formula is C12H13N7. The molecule has 0 saturated carbocycles. The van der Waals surface area contributed by atoms with Crippen LogP contribution >= 0.6 is 0 Å². The molecule has 0 aliphatic carbocycles.